The number of benzene rings is 1. The molecule has 4 aromatic rings. The number of hydrogen-bond donors (Lipinski definition) is 1. The van der Waals surface area contributed by atoms with Crippen LogP contribution in [0.2, 0.25) is 0 Å². The van der Waals surface area contributed by atoms with Gasteiger partial charge in [-0.2, -0.15) is 0 Å². The van der Waals surface area contributed by atoms with Crippen molar-refractivity contribution in [2.24, 2.45) is 0 Å². The summed E-state index contributed by atoms with van der Waals surface area (Å²) in [7, 11) is 0. The van der Waals surface area contributed by atoms with Crippen molar-refractivity contribution >= 4 is 38.2 Å². The van der Waals surface area contributed by atoms with Gasteiger partial charge in [-0.05, 0) is 32.4 Å². The fourth-order valence-electron chi connectivity index (χ4n) is 3.25. The predicted molar refractivity (Wildman–Crippen MR) is 101 cm³/mol. The van der Waals surface area contributed by atoms with Gasteiger partial charge < -0.3 is 4.98 Å². The SMILES string of the molecule is Cc1[nH]c2ccccc2c1C(=O)Cn1cnc2sc(C)c(C)c2c1=O. The van der Waals surface area contributed by atoms with Gasteiger partial charge in [0.25, 0.3) is 5.56 Å². The molecule has 0 spiro atoms. The largest absolute Gasteiger partial charge is 0.358 e. The molecule has 5 nitrogen and oxygen atoms in total. The van der Waals surface area contributed by atoms with Crippen LogP contribution in [0.15, 0.2) is 35.4 Å². The van der Waals surface area contributed by atoms with Gasteiger partial charge in [-0.25, -0.2) is 4.98 Å². The number of aromatic amines is 1. The van der Waals surface area contributed by atoms with Crippen LogP contribution in [0, 0.1) is 20.8 Å². The Hall–Kier alpha value is -2.73. The maximum Gasteiger partial charge on any atom is 0.262 e. The molecular formula is C19H17N3O2S. The first kappa shape index (κ1) is 15.8. The summed E-state index contributed by atoms with van der Waals surface area (Å²) in [6, 6.07) is 7.69. The van der Waals surface area contributed by atoms with Crippen molar-refractivity contribution < 1.29 is 4.79 Å². The molecule has 0 bridgehead atoms. The van der Waals surface area contributed by atoms with E-state index in [-0.39, 0.29) is 17.9 Å². The molecule has 0 aliphatic carbocycles. The Balaban J connectivity index is 1.80. The molecule has 126 valence electrons. The maximum atomic E-state index is 12.9. The molecule has 1 aromatic carbocycles. The molecule has 0 aliphatic heterocycles. The van der Waals surface area contributed by atoms with Gasteiger partial charge in [0.15, 0.2) is 5.78 Å². The van der Waals surface area contributed by atoms with E-state index in [4.69, 9.17) is 0 Å². The van der Waals surface area contributed by atoms with E-state index in [1.807, 2.05) is 45.0 Å². The summed E-state index contributed by atoms with van der Waals surface area (Å²) in [5.74, 6) is -0.0946. The number of hydrogen-bond acceptors (Lipinski definition) is 4. The summed E-state index contributed by atoms with van der Waals surface area (Å²) in [4.78, 5) is 35.1. The number of fused-ring (bicyclic) bond motifs is 2. The van der Waals surface area contributed by atoms with Gasteiger partial charge in [0.2, 0.25) is 0 Å². The Labute approximate surface area is 147 Å². The summed E-state index contributed by atoms with van der Waals surface area (Å²) in [5, 5.41) is 1.50. The fraction of sp³-hybridized carbons (Fsp3) is 0.211. The van der Waals surface area contributed by atoms with Crippen LogP contribution in [0.4, 0.5) is 0 Å². The number of carbonyl (C=O) groups is 1. The molecule has 0 atom stereocenters. The summed E-state index contributed by atoms with van der Waals surface area (Å²) in [5.41, 5.74) is 3.17. The number of nitrogens with one attached hydrogen (secondary N) is 1. The monoisotopic (exact) mass is 351 g/mol. The first-order valence-electron chi connectivity index (χ1n) is 8.03. The molecule has 3 heterocycles. The van der Waals surface area contributed by atoms with Crippen molar-refractivity contribution in [3.63, 3.8) is 0 Å². The van der Waals surface area contributed by atoms with E-state index in [2.05, 4.69) is 9.97 Å². The minimum Gasteiger partial charge on any atom is -0.358 e. The first-order valence-corrected chi connectivity index (χ1v) is 8.84. The van der Waals surface area contributed by atoms with E-state index in [1.165, 1.54) is 22.2 Å². The summed E-state index contributed by atoms with van der Waals surface area (Å²) in [6.45, 7) is 5.77. The minimum atomic E-state index is -0.155. The average molecular weight is 351 g/mol. The first-order chi connectivity index (χ1) is 12.0. The van der Waals surface area contributed by atoms with Crippen LogP contribution in [0.1, 0.15) is 26.5 Å². The number of rotatable bonds is 3. The molecule has 0 saturated heterocycles. The molecule has 0 fully saturated rings. The van der Waals surface area contributed by atoms with Gasteiger partial charge in [-0.3, -0.25) is 14.2 Å². The molecule has 0 aliphatic rings. The Morgan fingerprint density at radius 1 is 1.24 bits per heavy atom. The zero-order valence-electron chi connectivity index (χ0n) is 14.2. The van der Waals surface area contributed by atoms with Crippen molar-refractivity contribution in [2.45, 2.75) is 27.3 Å². The molecule has 0 radical (unpaired) electrons. The summed E-state index contributed by atoms with van der Waals surface area (Å²) < 4.78 is 1.41. The highest BCUT2D eigenvalue weighted by Gasteiger charge is 2.18. The predicted octanol–water partition coefficient (Wildman–Crippen LogP) is 3.75. The second kappa shape index (κ2) is 5.67. The number of nitrogens with zero attached hydrogens (tertiary/aromatic N) is 2. The number of aromatic nitrogens is 3. The molecule has 0 amide bonds. The minimum absolute atomic E-state index is 0.0151. The Morgan fingerprint density at radius 3 is 2.80 bits per heavy atom. The van der Waals surface area contributed by atoms with E-state index in [0.29, 0.717) is 10.9 Å². The van der Waals surface area contributed by atoms with Crippen LogP contribution in [-0.4, -0.2) is 20.3 Å². The second-order valence-corrected chi connectivity index (χ2v) is 7.44. The van der Waals surface area contributed by atoms with E-state index >= 15 is 0 Å². The molecule has 1 N–H and O–H groups in total. The third kappa shape index (κ3) is 2.41. The van der Waals surface area contributed by atoms with Crippen molar-refractivity contribution in [2.75, 3.05) is 0 Å². The highest BCUT2D eigenvalue weighted by atomic mass is 32.1. The lowest BCUT2D eigenvalue weighted by molar-refractivity contribution is 0.0971. The zero-order chi connectivity index (χ0) is 17.7. The van der Waals surface area contributed by atoms with Crippen molar-refractivity contribution in [1.82, 2.24) is 14.5 Å². The van der Waals surface area contributed by atoms with Crippen molar-refractivity contribution in [3.8, 4) is 0 Å². The lowest BCUT2D eigenvalue weighted by Crippen LogP contribution is -2.24. The van der Waals surface area contributed by atoms with E-state index in [0.717, 1.165) is 31.9 Å². The van der Waals surface area contributed by atoms with Gasteiger partial charge in [0.1, 0.15) is 4.83 Å². The Kier molecular flexibility index (Phi) is 3.58. The third-order valence-electron chi connectivity index (χ3n) is 4.64. The topological polar surface area (TPSA) is 67.8 Å². The van der Waals surface area contributed by atoms with Crippen LogP contribution in [0.3, 0.4) is 0 Å². The van der Waals surface area contributed by atoms with Crippen molar-refractivity contribution in [3.05, 3.63) is 62.6 Å². The van der Waals surface area contributed by atoms with E-state index in [9.17, 15) is 9.59 Å². The molecular weight excluding hydrogens is 334 g/mol. The van der Waals surface area contributed by atoms with E-state index in [1.54, 1.807) is 0 Å². The Morgan fingerprint density at radius 2 is 2.00 bits per heavy atom. The number of H-pyrrole nitrogens is 1. The van der Waals surface area contributed by atoms with Gasteiger partial charge in [0.05, 0.1) is 18.3 Å². The number of aryl methyl sites for hydroxylation is 3. The quantitative estimate of drug-likeness (QED) is 0.572. The summed E-state index contributed by atoms with van der Waals surface area (Å²) in [6.07, 6.45) is 1.47. The number of thiophene rings is 1. The molecule has 3 aromatic heterocycles. The number of ketones is 1. The average Bonchev–Trinajstić information content (AvgIpc) is 3.06. The fourth-order valence-corrected chi connectivity index (χ4v) is 4.24. The van der Waals surface area contributed by atoms with Crippen LogP contribution in [-0.2, 0) is 6.54 Å². The standard InChI is InChI=1S/C19H17N3O2S/c1-10-12(3)25-18-16(10)19(24)22(9-20-18)8-15(23)17-11(2)21-14-7-5-4-6-13(14)17/h4-7,9,21H,8H2,1-3H3. The number of Topliss-reactive ketones (excluding diaryl/α,β-unsaturated/α-hetero) is 1. The van der Waals surface area contributed by atoms with Gasteiger partial charge >= 0.3 is 0 Å². The second-order valence-electron chi connectivity index (χ2n) is 6.23. The van der Waals surface area contributed by atoms with Gasteiger partial charge in [-0.15, -0.1) is 11.3 Å². The molecule has 0 saturated carbocycles. The van der Waals surface area contributed by atoms with Crippen LogP contribution < -0.4 is 5.56 Å². The number of para-hydroxylation sites is 1. The van der Waals surface area contributed by atoms with Gasteiger partial charge in [0, 0.05) is 27.0 Å². The highest BCUT2D eigenvalue weighted by molar-refractivity contribution is 7.18. The maximum absolute atomic E-state index is 12.9. The van der Waals surface area contributed by atoms with Gasteiger partial charge in [-0.1, -0.05) is 18.2 Å². The van der Waals surface area contributed by atoms with E-state index < -0.39 is 0 Å². The van der Waals surface area contributed by atoms with Crippen LogP contribution in [0.5, 0.6) is 0 Å². The Bertz CT molecular complexity index is 1200. The smallest absolute Gasteiger partial charge is 0.262 e. The lowest BCUT2D eigenvalue weighted by atomic mass is 10.1. The third-order valence-corrected chi connectivity index (χ3v) is 5.76. The van der Waals surface area contributed by atoms with Crippen LogP contribution in [0.25, 0.3) is 21.1 Å². The molecule has 6 heteroatoms. The zero-order valence-corrected chi connectivity index (χ0v) is 15.0. The number of carbonyl (C=O) groups excluding carboxylic acids is 1. The normalized spacial score (nSPS) is 11.5. The van der Waals surface area contributed by atoms with Crippen LogP contribution >= 0.6 is 11.3 Å². The van der Waals surface area contributed by atoms with Crippen molar-refractivity contribution in [1.29, 1.82) is 0 Å². The molecule has 4 rings (SSSR count). The lowest BCUT2D eigenvalue weighted by Gasteiger charge is -2.05. The molecule has 25 heavy (non-hydrogen) atoms. The highest BCUT2D eigenvalue weighted by Crippen LogP contribution is 2.26. The summed E-state index contributed by atoms with van der Waals surface area (Å²) >= 11 is 1.51. The molecule has 0 unspecified atom stereocenters.